The summed E-state index contributed by atoms with van der Waals surface area (Å²) in [5.41, 5.74) is 0.756. The van der Waals surface area contributed by atoms with Crippen LogP contribution in [0.25, 0.3) is 0 Å². The molecule has 0 radical (unpaired) electrons. The number of benzene rings is 3. The Bertz CT molecular complexity index is 1330. The minimum atomic E-state index is -0.651. The Morgan fingerprint density at radius 3 is 2.29 bits per heavy atom. The predicted molar refractivity (Wildman–Crippen MR) is 159 cm³/mol. The second-order valence-electron chi connectivity index (χ2n) is 11.8. The number of likely N-dealkylation sites (tertiary alicyclic amines) is 1. The Morgan fingerprint density at radius 2 is 1.61 bits per heavy atom. The Morgan fingerprint density at radius 1 is 0.927 bits per heavy atom. The molecule has 0 bridgehead atoms. The molecule has 1 aliphatic carbocycles. The summed E-state index contributed by atoms with van der Waals surface area (Å²) in [5, 5.41) is 0.627. The highest BCUT2D eigenvalue weighted by Gasteiger charge is 2.48. The van der Waals surface area contributed by atoms with E-state index in [2.05, 4.69) is 0 Å². The number of halogens is 2. The number of hydrogen-bond donors (Lipinski definition) is 0. The Hall–Kier alpha value is -3.38. The average molecular weight is 577 g/mol. The maximum Gasteiger partial charge on any atom is 0.233 e. The van der Waals surface area contributed by atoms with Crippen molar-refractivity contribution in [1.82, 2.24) is 9.80 Å². The van der Waals surface area contributed by atoms with E-state index in [9.17, 15) is 14.0 Å². The lowest BCUT2D eigenvalue weighted by atomic mass is 9.74. The molecular formula is C34H38ClFN2O3. The number of carbonyl (C=O) groups excluding carboxylic acids is 2. The van der Waals surface area contributed by atoms with E-state index < -0.39 is 10.8 Å². The van der Waals surface area contributed by atoms with Crippen LogP contribution >= 0.6 is 11.6 Å². The van der Waals surface area contributed by atoms with Crippen molar-refractivity contribution >= 4 is 23.4 Å². The first-order valence-electron chi connectivity index (χ1n) is 14.5. The molecule has 3 aromatic rings. The van der Waals surface area contributed by atoms with Gasteiger partial charge in [-0.3, -0.25) is 9.59 Å². The molecule has 0 unspecified atom stereocenters. The summed E-state index contributed by atoms with van der Waals surface area (Å²) in [6.45, 7) is 1.91. The van der Waals surface area contributed by atoms with Crippen molar-refractivity contribution in [3.63, 3.8) is 0 Å². The van der Waals surface area contributed by atoms with Crippen molar-refractivity contribution < 1.29 is 18.7 Å². The minimum absolute atomic E-state index is 0.0250. The molecule has 0 spiro atoms. The maximum atomic E-state index is 14.3. The summed E-state index contributed by atoms with van der Waals surface area (Å²) in [4.78, 5) is 31.7. The lowest BCUT2D eigenvalue weighted by Crippen LogP contribution is -2.55. The molecule has 0 N–H and O–H groups in total. The zero-order valence-corrected chi connectivity index (χ0v) is 24.4. The maximum absolute atomic E-state index is 14.3. The Kier molecular flexibility index (Phi) is 8.98. The molecule has 2 fully saturated rings. The first-order chi connectivity index (χ1) is 19.8. The fourth-order valence-electron chi connectivity index (χ4n) is 6.54. The van der Waals surface area contributed by atoms with Gasteiger partial charge in [-0.05, 0) is 73.2 Å². The van der Waals surface area contributed by atoms with Crippen LogP contribution in [0.3, 0.4) is 0 Å². The smallest absolute Gasteiger partial charge is 0.233 e. The molecule has 1 saturated carbocycles. The Labute approximate surface area is 247 Å². The molecule has 2 aliphatic rings. The lowest BCUT2D eigenvalue weighted by molar-refractivity contribution is -0.145. The van der Waals surface area contributed by atoms with Crippen LogP contribution in [0.2, 0.25) is 5.02 Å². The fraction of sp³-hybridized carbons (Fsp3) is 0.412. The zero-order chi connectivity index (χ0) is 28.9. The van der Waals surface area contributed by atoms with Gasteiger partial charge in [-0.1, -0.05) is 66.9 Å². The molecule has 7 heteroatoms. The van der Waals surface area contributed by atoms with E-state index in [1.54, 1.807) is 29.2 Å². The van der Waals surface area contributed by atoms with Crippen molar-refractivity contribution in [2.75, 3.05) is 26.7 Å². The van der Waals surface area contributed by atoms with Crippen molar-refractivity contribution in [3.05, 3.63) is 101 Å². The van der Waals surface area contributed by atoms with Gasteiger partial charge in [0.25, 0.3) is 0 Å². The number of rotatable bonds is 9. The molecule has 1 aliphatic heterocycles. The fourth-order valence-corrected chi connectivity index (χ4v) is 6.66. The van der Waals surface area contributed by atoms with Crippen LogP contribution < -0.4 is 4.74 Å². The van der Waals surface area contributed by atoms with Crippen LogP contribution in [0.15, 0.2) is 78.9 Å². The first-order valence-corrected chi connectivity index (χ1v) is 14.9. The summed E-state index contributed by atoms with van der Waals surface area (Å²) in [5.74, 6) is 0.490. The monoisotopic (exact) mass is 576 g/mol. The van der Waals surface area contributed by atoms with E-state index in [4.69, 9.17) is 16.3 Å². The van der Waals surface area contributed by atoms with Gasteiger partial charge in [-0.2, -0.15) is 0 Å². The summed E-state index contributed by atoms with van der Waals surface area (Å²) in [6.07, 6.45) is 5.26. The van der Waals surface area contributed by atoms with E-state index in [-0.39, 0.29) is 24.1 Å². The van der Waals surface area contributed by atoms with Gasteiger partial charge in [-0.15, -0.1) is 0 Å². The molecule has 0 aromatic heterocycles. The second kappa shape index (κ2) is 12.6. The quantitative estimate of drug-likeness (QED) is 0.275. The number of nitrogens with zero attached hydrogens (tertiary/aromatic N) is 2. The van der Waals surface area contributed by atoms with E-state index in [0.717, 1.165) is 49.7 Å². The van der Waals surface area contributed by atoms with Crippen LogP contribution in [0.5, 0.6) is 5.75 Å². The summed E-state index contributed by atoms with van der Waals surface area (Å²) < 4.78 is 20.0. The van der Waals surface area contributed by atoms with Gasteiger partial charge in [0.15, 0.2) is 0 Å². The normalized spacial score (nSPS) is 20.0. The van der Waals surface area contributed by atoms with Crippen molar-refractivity contribution in [2.45, 2.75) is 56.9 Å². The number of amides is 2. The van der Waals surface area contributed by atoms with Crippen molar-refractivity contribution in [3.8, 4) is 5.75 Å². The van der Waals surface area contributed by atoms with Crippen LogP contribution in [0, 0.1) is 11.2 Å². The standard InChI is InChI=1S/C34H38ClFN2O3/c1-37(23-26-8-3-2-4-9-26)31(39)22-33(25-41-30-16-12-28(35)13-17-30)18-7-21-38(24-33)32(40)34(19-5-6-20-34)27-10-14-29(36)15-11-27/h2-4,8-17H,5-7,18-25H2,1H3/t33-/m1/s1. The third kappa shape index (κ3) is 6.75. The van der Waals surface area contributed by atoms with Gasteiger partial charge in [0, 0.05) is 43.5 Å². The lowest BCUT2D eigenvalue weighted by Gasteiger charge is -2.45. The zero-order valence-electron chi connectivity index (χ0n) is 23.7. The van der Waals surface area contributed by atoms with Crippen LogP contribution in [0.1, 0.15) is 56.1 Å². The third-order valence-corrected chi connectivity index (χ3v) is 9.04. The highest BCUT2D eigenvalue weighted by Crippen LogP contribution is 2.45. The molecule has 1 heterocycles. The first kappa shape index (κ1) is 29.1. The molecule has 5 nitrogen and oxygen atoms in total. The topological polar surface area (TPSA) is 49.9 Å². The van der Waals surface area contributed by atoms with Gasteiger partial charge in [0.05, 0.1) is 12.0 Å². The molecule has 1 saturated heterocycles. The van der Waals surface area contributed by atoms with E-state index >= 15 is 0 Å². The van der Waals surface area contributed by atoms with Gasteiger partial charge in [0.1, 0.15) is 11.6 Å². The summed E-state index contributed by atoms with van der Waals surface area (Å²) in [6, 6.07) is 23.6. The van der Waals surface area contributed by atoms with Gasteiger partial charge < -0.3 is 14.5 Å². The van der Waals surface area contributed by atoms with E-state index in [0.29, 0.717) is 37.0 Å². The van der Waals surface area contributed by atoms with Crippen molar-refractivity contribution in [1.29, 1.82) is 0 Å². The highest BCUT2D eigenvalue weighted by atomic mass is 35.5. The molecule has 3 aromatic carbocycles. The minimum Gasteiger partial charge on any atom is -0.493 e. The molecule has 2 amide bonds. The van der Waals surface area contributed by atoms with E-state index in [1.165, 1.54) is 12.1 Å². The SMILES string of the molecule is CN(Cc1ccccc1)C(=O)C[C@]1(COc2ccc(Cl)cc2)CCCN(C(=O)C2(c3ccc(F)cc3)CCCC2)C1. The highest BCUT2D eigenvalue weighted by molar-refractivity contribution is 6.30. The number of hydrogen-bond acceptors (Lipinski definition) is 3. The van der Waals surface area contributed by atoms with Gasteiger partial charge in [-0.25, -0.2) is 4.39 Å². The number of piperidine rings is 1. The number of carbonyl (C=O) groups is 2. The van der Waals surface area contributed by atoms with Crippen LogP contribution in [0.4, 0.5) is 4.39 Å². The summed E-state index contributed by atoms with van der Waals surface area (Å²) >= 11 is 6.08. The largest absolute Gasteiger partial charge is 0.493 e. The number of ether oxygens (including phenoxy) is 1. The van der Waals surface area contributed by atoms with Gasteiger partial charge >= 0.3 is 0 Å². The average Bonchev–Trinajstić information content (AvgIpc) is 3.49. The van der Waals surface area contributed by atoms with Crippen LogP contribution in [-0.2, 0) is 21.5 Å². The Balaban J connectivity index is 1.38. The molecule has 41 heavy (non-hydrogen) atoms. The summed E-state index contributed by atoms with van der Waals surface area (Å²) in [7, 11) is 1.83. The van der Waals surface area contributed by atoms with E-state index in [1.807, 2.05) is 54.4 Å². The molecule has 5 rings (SSSR count). The van der Waals surface area contributed by atoms with Crippen molar-refractivity contribution in [2.24, 2.45) is 5.41 Å². The molecule has 1 atom stereocenters. The predicted octanol–water partition coefficient (Wildman–Crippen LogP) is 7.03. The molecule has 216 valence electrons. The molecular weight excluding hydrogens is 539 g/mol. The van der Waals surface area contributed by atoms with Gasteiger partial charge in [0.2, 0.25) is 11.8 Å². The second-order valence-corrected chi connectivity index (χ2v) is 12.2. The van der Waals surface area contributed by atoms with Crippen LogP contribution in [-0.4, -0.2) is 48.4 Å². The third-order valence-electron chi connectivity index (χ3n) is 8.79.